The van der Waals surface area contributed by atoms with Crippen LogP contribution in [0.25, 0.3) is 0 Å². The second kappa shape index (κ2) is 14.5. The third-order valence-electron chi connectivity index (χ3n) is 8.62. The quantitative estimate of drug-likeness (QED) is 0.122. The Kier molecular flexibility index (Phi) is 11.4. The van der Waals surface area contributed by atoms with E-state index in [0.717, 1.165) is 31.7 Å². The first kappa shape index (κ1) is 35.3. The number of benzene rings is 2. The summed E-state index contributed by atoms with van der Waals surface area (Å²) in [5, 5.41) is 0. The third-order valence-corrected chi connectivity index (χ3v) is 8.62. The summed E-state index contributed by atoms with van der Waals surface area (Å²) in [7, 11) is 0. The third kappa shape index (κ3) is 9.05. The summed E-state index contributed by atoms with van der Waals surface area (Å²) in [6, 6.07) is 2.06. The number of hydrogen-bond donors (Lipinski definition) is 0. The molecule has 0 radical (unpaired) electrons. The Balaban J connectivity index is 1.29. The maximum atomic E-state index is 14.9. The molecule has 0 heterocycles. The number of unbranched alkanes of at least 4 members (excludes halogenated alkanes) is 2. The van der Waals surface area contributed by atoms with E-state index in [1.54, 1.807) is 0 Å². The van der Waals surface area contributed by atoms with Gasteiger partial charge in [-0.3, -0.25) is 0 Å². The van der Waals surface area contributed by atoms with E-state index in [9.17, 15) is 43.9 Å². The lowest BCUT2D eigenvalue weighted by Crippen LogP contribution is -2.37. The summed E-state index contributed by atoms with van der Waals surface area (Å²) < 4.78 is 157. The van der Waals surface area contributed by atoms with Gasteiger partial charge in [0.25, 0.3) is 0 Å². The highest BCUT2D eigenvalue weighted by Crippen LogP contribution is 2.43. The molecule has 0 saturated heterocycles. The highest BCUT2D eigenvalue weighted by molar-refractivity contribution is 5.31. The van der Waals surface area contributed by atoms with E-state index in [0.29, 0.717) is 30.9 Å². The molecule has 3 nitrogen and oxygen atoms in total. The number of rotatable bonds is 13. The van der Waals surface area contributed by atoms with Crippen LogP contribution in [0.1, 0.15) is 95.1 Å². The minimum absolute atomic E-state index is 0.0973. The Bertz CT molecular complexity index is 1250. The summed E-state index contributed by atoms with van der Waals surface area (Å²) >= 11 is 0. The molecule has 2 saturated carbocycles. The van der Waals surface area contributed by atoms with Crippen LogP contribution in [0.2, 0.25) is 0 Å². The standard InChI is InChI=1S/C32H36F10O3/c1-2-3-4-5-19-6-8-20(9-7-19)30(37,38)45-24-14-15-25(26(33)18-24)32(41,42)44-23-12-10-22(11-13-23)43-31(39,40)21-16-27(34)29(36)28(35)17-21/h14-20,22-23H,2-13H2,1H3. The SMILES string of the molecule is CCCCCC1CCC(C(F)(F)Oc2ccc(C(F)(F)OC3CCC(OC(F)(F)c4cc(F)c(F)c(F)c4)CC3)c(F)c2)CC1. The molecule has 252 valence electrons. The Morgan fingerprint density at radius 3 is 1.76 bits per heavy atom. The predicted molar refractivity (Wildman–Crippen MR) is 144 cm³/mol. The van der Waals surface area contributed by atoms with Gasteiger partial charge in [-0.1, -0.05) is 32.6 Å². The van der Waals surface area contributed by atoms with E-state index in [-0.39, 0.29) is 50.7 Å². The lowest BCUT2D eigenvalue weighted by molar-refractivity contribution is -0.298. The van der Waals surface area contributed by atoms with Gasteiger partial charge in [0.1, 0.15) is 11.6 Å². The van der Waals surface area contributed by atoms with Crippen LogP contribution in [0, 0.1) is 35.1 Å². The Morgan fingerprint density at radius 2 is 1.22 bits per heavy atom. The van der Waals surface area contributed by atoms with Crippen molar-refractivity contribution in [1.29, 1.82) is 0 Å². The molecule has 0 N–H and O–H groups in total. The van der Waals surface area contributed by atoms with Crippen LogP contribution < -0.4 is 4.74 Å². The van der Waals surface area contributed by atoms with Crippen molar-refractivity contribution in [3.8, 4) is 5.75 Å². The molecule has 2 aliphatic carbocycles. The van der Waals surface area contributed by atoms with Gasteiger partial charge in [-0.2, -0.15) is 26.3 Å². The number of ether oxygens (including phenoxy) is 3. The molecule has 2 aromatic rings. The van der Waals surface area contributed by atoms with Gasteiger partial charge in [0.05, 0.1) is 29.3 Å². The molecule has 13 heteroatoms. The van der Waals surface area contributed by atoms with Crippen molar-refractivity contribution in [2.75, 3.05) is 0 Å². The Hall–Kier alpha value is -2.54. The Labute approximate surface area is 255 Å². The zero-order valence-electron chi connectivity index (χ0n) is 24.7. The van der Waals surface area contributed by atoms with E-state index in [1.807, 2.05) is 0 Å². The molecule has 0 atom stereocenters. The van der Waals surface area contributed by atoms with E-state index in [4.69, 9.17) is 9.47 Å². The van der Waals surface area contributed by atoms with Gasteiger partial charge in [-0.15, -0.1) is 0 Å². The molecule has 2 aliphatic rings. The van der Waals surface area contributed by atoms with Gasteiger partial charge in [0.2, 0.25) is 0 Å². The molecule has 4 rings (SSSR count). The summed E-state index contributed by atoms with van der Waals surface area (Å²) in [6.07, 6.45) is -9.30. The highest BCUT2D eigenvalue weighted by atomic mass is 19.3. The minimum atomic E-state index is -4.20. The summed E-state index contributed by atoms with van der Waals surface area (Å²) in [5.41, 5.74) is -2.47. The zero-order chi connectivity index (χ0) is 33.0. The number of hydrogen-bond acceptors (Lipinski definition) is 3. The monoisotopic (exact) mass is 658 g/mol. The molecular weight excluding hydrogens is 622 g/mol. The first-order valence-corrected chi connectivity index (χ1v) is 15.2. The van der Waals surface area contributed by atoms with Crippen LogP contribution in [0.5, 0.6) is 5.75 Å². The van der Waals surface area contributed by atoms with Crippen molar-refractivity contribution in [1.82, 2.24) is 0 Å². The van der Waals surface area contributed by atoms with Gasteiger partial charge < -0.3 is 14.2 Å². The topological polar surface area (TPSA) is 27.7 Å². The van der Waals surface area contributed by atoms with E-state index < -0.39 is 76.6 Å². The van der Waals surface area contributed by atoms with E-state index in [2.05, 4.69) is 11.7 Å². The van der Waals surface area contributed by atoms with Crippen molar-refractivity contribution in [2.45, 2.75) is 115 Å². The van der Waals surface area contributed by atoms with Crippen LogP contribution in [0.3, 0.4) is 0 Å². The predicted octanol–water partition coefficient (Wildman–Crippen LogP) is 10.7. The van der Waals surface area contributed by atoms with Gasteiger partial charge >= 0.3 is 18.3 Å². The molecule has 0 aromatic heterocycles. The maximum Gasteiger partial charge on any atom is 0.400 e. The fourth-order valence-corrected chi connectivity index (χ4v) is 6.05. The summed E-state index contributed by atoms with van der Waals surface area (Å²) in [4.78, 5) is 0. The van der Waals surface area contributed by atoms with Crippen molar-refractivity contribution in [3.63, 3.8) is 0 Å². The lowest BCUT2D eigenvalue weighted by Gasteiger charge is -2.33. The number of alkyl halides is 6. The fourth-order valence-electron chi connectivity index (χ4n) is 6.05. The first-order chi connectivity index (χ1) is 21.1. The van der Waals surface area contributed by atoms with Crippen molar-refractivity contribution in [3.05, 3.63) is 64.7 Å². The average molecular weight is 659 g/mol. The summed E-state index contributed by atoms with van der Waals surface area (Å²) in [5.74, 6) is -8.42. The second-order valence-electron chi connectivity index (χ2n) is 11.9. The molecule has 2 aromatic carbocycles. The molecule has 0 aliphatic heterocycles. The van der Waals surface area contributed by atoms with Gasteiger partial charge in [-0.25, -0.2) is 17.6 Å². The first-order valence-electron chi connectivity index (χ1n) is 15.2. The number of halogens is 10. The second-order valence-corrected chi connectivity index (χ2v) is 11.9. The lowest BCUT2D eigenvalue weighted by atomic mass is 9.79. The maximum absolute atomic E-state index is 14.9. The normalized spacial score (nSPS) is 23.3. The average Bonchev–Trinajstić information content (AvgIpc) is 2.96. The van der Waals surface area contributed by atoms with Gasteiger partial charge in [-0.05, 0) is 81.5 Å². The molecule has 2 fully saturated rings. The largest absolute Gasteiger partial charge is 0.432 e. The van der Waals surface area contributed by atoms with Crippen LogP contribution in [-0.2, 0) is 21.7 Å². The smallest absolute Gasteiger partial charge is 0.400 e. The summed E-state index contributed by atoms with van der Waals surface area (Å²) in [6.45, 7) is 2.09. The van der Waals surface area contributed by atoms with Crippen molar-refractivity contribution in [2.24, 2.45) is 11.8 Å². The molecule has 0 bridgehead atoms. The molecule has 45 heavy (non-hydrogen) atoms. The highest BCUT2D eigenvalue weighted by Gasteiger charge is 2.45. The zero-order valence-corrected chi connectivity index (χ0v) is 24.7. The minimum Gasteiger partial charge on any atom is -0.432 e. The van der Waals surface area contributed by atoms with Crippen LogP contribution >= 0.6 is 0 Å². The van der Waals surface area contributed by atoms with Gasteiger partial charge in [0, 0.05) is 6.07 Å². The molecule has 0 spiro atoms. The van der Waals surface area contributed by atoms with Crippen LogP contribution in [-0.4, -0.2) is 18.3 Å². The van der Waals surface area contributed by atoms with Crippen LogP contribution in [0.4, 0.5) is 43.9 Å². The molecular formula is C32H36F10O3. The Morgan fingerprint density at radius 1 is 0.667 bits per heavy atom. The van der Waals surface area contributed by atoms with Gasteiger partial charge in [0.15, 0.2) is 17.5 Å². The fraction of sp³-hybridized carbons (Fsp3) is 0.625. The molecule has 0 amide bonds. The molecule has 0 unspecified atom stereocenters. The van der Waals surface area contributed by atoms with Crippen LogP contribution in [0.15, 0.2) is 30.3 Å². The van der Waals surface area contributed by atoms with E-state index in [1.165, 1.54) is 0 Å². The van der Waals surface area contributed by atoms with E-state index >= 15 is 0 Å². The van der Waals surface area contributed by atoms with Crippen molar-refractivity contribution < 1.29 is 58.1 Å². The van der Waals surface area contributed by atoms with Crippen molar-refractivity contribution >= 4 is 0 Å².